The Morgan fingerprint density at radius 3 is 2.44 bits per heavy atom. The van der Waals surface area contributed by atoms with Crippen LogP contribution in [0.3, 0.4) is 0 Å². The maximum atomic E-state index is 11.6. The number of phenols is 1. The lowest BCUT2D eigenvalue weighted by Gasteiger charge is -2.23. The molecule has 0 aliphatic heterocycles. The van der Waals surface area contributed by atoms with E-state index in [9.17, 15) is 23.2 Å². The summed E-state index contributed by atoms with van der Waals surface area (Å²) in [6, 6.07) is 11.6. The molecule has 0 heterocycles. The molecule has 2 aromatic rings. The summed E-state index contributed by atoms with van der Waals surface area (Å²) in [5.41, 5.74) is 7.38. The Morgan fingerprint density at radius 1 is 1.08 bits per heavy atom. The summed E-state index contributed by atoms with van der Waals surface area (Å²) < 4.78 is 32.6. The Kier molecular flexibility index (Phi) is 4.42. The van der Waals surface area contributed by atoms with Crippen molar-refractivity contribution in [3.8, 4) is 5.75 Å². The lowest BCUT2D eigenvalue weighted by molar-refractivity contribution is 0.230. The summed E-state index contributed by atoms with van der Waals surface area (Å²) in [5.74, 6) is 0.0301. The third-order valence-electron chi connectivity index (χ3n) is 4.02. The van der Waals surface area contributed by atoms with Gasteiger partial charge in [0, 0.05) is 16.9 Å². The Hall–Kier alpha value is -2.55. The zero-order chi connectivity index (χ0) is 18.2. The summed E-state index contributed by atoms with van der Waals surface area (Å²) in [7, 11) is -4.42. The molecule has 0 saturated heterocycles. The van der Waals surface area contributed by atoms with E-state index in [0.29, 0.717) is 21.8 Å². The standard InChI is InChI=1S/C17H18N2O5S/c1-10-6-7-14(20)13(8-10)18-19-17-12-5-3-2-4-11(12)16(9-15(17)21)25(22,23)24/h2-8,15,18-21H,9H2,1H3,(H,22,23,24). The third kappa shape index (κ3) is 3.46. The first-order valence-electron chi connectivity index (χ1n) is 7.57. The molecule has 0 spiro atoms. The van der Waals surface area contributed by atoms with Crippen molar-refractivity contribution in [3.05, 3.63) is 58.5 Å². The number of anilines is 1. The van der Waals surface area contributed by atoms with E-state index in [4.69, 9.17) is 0 Å². The molecule has 2 aromatic carbocycles. The van der Waals surface area contributed by atoms with Gasteiger partial charge in [-0.1, -0.05) is 30.3 Å². The SMILES string of the molecule is Cc1ccc(O)c(NNC2=c3ccccc3=C(S(=O)(=O)O)CC2O)c1. The minimum absolute atomic E-state index is 0.0301. The normalized spacial score (nSPS) is 17.2. The van der Waals surface area contributed by atoms with Crippen LogP contribution < -0.4 is 21.3 Å². The zero-order valence-electron chi connectivity index (χ0n) is 13.4. The number of rotatable bonds is 4. The van der Waals surface area contributed by atoms with Crippen molar-refractivity contribution < 1.29 is 23.2 Å². The van der Waals surface area contributed by atoms with Crippen molar-refractivity contribution in [2.75, 3.05) is 5.43 Å². The number of benzene rings is 2. The number of aliphatic hydroxyl groups excluding tert-OH is 1. The maximum Gasteiger partial charge on any atom is 0.291 e. The number of nitrogens with one attached hydrogen (secondary N) is 2. The van der Waals surface area contributed by atoms with Crippen LogP contribution in [-0.4, -0.2) is 29.3 Å². The molecule has 132 valence electrons. The van der Waals surface area contributed by atoms with Crippen LogP contribution in [0.5, 0.6) is 5.75 Å². The molecular formula is C17H18N2O5S. The fourth-order valence-corrected chi connectivity index (χ4v) is 3.63. The molecule has 0 radical (unpaired) electrons. The Labute approximate surface area is 144 Å². The topological polar surface area (TPSA) is 119 Å². The van der Waals surface area contributed by atoms with Crippen molar-refractivity contribution in [1.29, 1.82) is 0 Å². The third-order valence-corrected chi connectivity index (χ3v) is 5.03. The van der Waals surface area contributed by atoms with Gasteiger partial charge in [-0.2, -0.15) is 8.42 Å². The van der Waals surface area contributed by atoms with Crippen molar-refractivity contribution in [3.63, 3.8) is 0 Å². The number of hydrogen-bond acceptors (Lipinski definition) is 6. The lowest BCUT2D eigenvalue weighted by Crippen LogP contribution is -2.44. The molecule has 1 aliphatic rings. The number of phenolic OH excluding ortho intramolecular Hbond substituents is 1. The summed E-state index contributed by atoms with van der Waals surface area (Å²) in [4.78, 5) is -0.223. The van der Waals surface area contributed by atoms with E-state index >= 15 is 0 Å². The quantitative estimate of drug-likeness (QED) is 0.299. The summed E-state index contributed by atoms with van der Waals surface area (Å²) >= 11 is 0. The molecule has 8 heteroatoms. The molecule has 7 nitrogen and oxygen atoms in total. The van der Waals surface area contributed by atoms with E-state index in [1.54, 1.807) is 42.5 Å². The molecule has 0 fully saturated rings. The summed E-state index contributed by atoms with van der Waals surface area (Å²) in [6.45, 7) is 1.87. The number of aryl methyl sites for hydroxylation is 1. The molecular weight excluding hydrogens is 344 g/mol. The Balaban J connectivity index is 2.10. The largest absolute Gasteiger partial charge is 0.506 e. The number of hydrogen-bond donors (Lipinski definition) is 5. The number of fused-ring (bicyclic) bond motifs is 1. The minimum Gasteiger partial charge on any atom is -0.506 e. The number of aromatic hydroxyl groups is 1. The molecule has 0 aromatic heterocycles. The average Bonchev–Trinajstić information content (AvgIpc) is 2.55. The predicted octanol–water partition coefficient (Wildman–Crippen LogP) is 0.186. The van der Waals surface area contributed by atoms with Crippen molar-refractivity contribution in [2.24, 2.45) is 0 Å². The fraction of sp³-hybridized carbons (Fsp3) is 0.176. The molecule has 1 aliphatic carbocycles. The first-order valence-corrected chi connectivity index (χ1v) is 9.01. The van der Waals surface area contributed by atoms with Gasteiger partial charge < -0.3 is 15.6 Å². The van der Waals surface area contributed by atoms with Gasteiger partial charge in [-0.15, -0.1) is 0 Å². The fourth-order valence-electron chi connectivity index (χ4n) is 2.81. The van der Waals surface area contributed by atoms with Gasteiger partial charge in [0.1, 0.15) is 11.9 Å². The summed E-state index contributed by atoms with van der Waals surface area (Å²) in [5, 5.41) is 21.0. The van der Waals surface area contributed by atoms with Crippen LogP contribution in [0.4, 0.5) is 5.69 Å². The maximum absolute atomic E-state index is 11.6. The van der Waals surface area contributed by atoms with Crippen molar-refractivity contribution >= 4 is 26.4 Å². The van der Waals surface area contributed by atoms with Gasteiger partial charge in [-0.05, 0) is 24.6 Å². The lowest BCUT2D eigenvalue weighted by atomic mass is 10.0. The smallest absolute Gasteiger partial charge is 0.291 e. The molecule has 25 heavy (non-hydrogen) atoms. The highest BCUT2D eigenvalue weighted by molar-refractivity contribution is 7.95. The first kappa shape index (κ1) is 17.3. The zero-order valence-corrected chi connectivity index (χ0v) is 14.2. The number of hydrazine groups is 1. The molecule has 5 N–H and O–H groups in total. The van der Waals surface area contributed by atoms with Gasteiger partial charge in [-0.25, -0.2) is 0 Å². The van der Waals surface area contributed by atoms with Crippen LogP contribution >= 0.6 is 0 Å². The molecule has 3 rings (SSSR count). The first-order chi connectivity index (χ1) is 11.8. The second kappa shape index (κ2) is 6.40. The Bertz CT molecular complexity index is 1050. The highest BCUT2D eigenvalue weighted by Crippen LogP contribution is 2.24. The van der Waals surface area contributed by atoms with Crippen LogP contribution in [0.25, 0.3) is 10.6 Å². The van der Waals surface area contributed by atoms with E-state index in [-0.39, 0.29) is 17.1 Å². The number of aliphatic hydroxyl groups is 1. The highest BCUT2D eigenvalue weighted by Gasteiger charge is 2.26. The van der Waals surface area contributed by atoms with Crippen LogP contribution in [0.2, 0.25) is 0 Å². The minimum atomic E-state index is -4.42. The Morgan fingerprint density at radius 2 is 1.76 bits per heavy atom. The van der Waals surface area contributed by atoms with Gasteiger partial charge in [0.2, 0.25) is 0 Å². The van der Waals surface area contributed by atoms with E-state index in [0.717, 1.165) is 5.56 Å². The van der Waals surface area contributed by atoms with Gasteiger partial charge in [-0.3, -0.25) is 9.98 Å². The van der Waals surface area contributed by atoms with E-state index in [1.807, 2.05) is 6.92 Å². The van der Waals surface area contributed by atoms with Gasteiger partial charge >= 0.3 is 0 Å². The van der Waals surface area contributed by atoms with E-state index in [2.05, 4.69) is 10.9 Å². The van der Waals surface area contributed by atoms with Crippen LogP contribution in [-0.2, 0) is 10.1 Å². The molecule has 0 saturated carbocycles. The van der Waals surface area contributed by atoms with Crippen molar-refractivity contribution in [1.82, 2.24) is 5.43 Å². The molecule has 0 bridgehead atoms. The van der Waals surface area contributed by atoms with Crippen LogP contribution in [0, 0.1) is 6.92 Å². The summed E-state index contributed by atoms with van der Waals surface area (Å²) in [6.07, 6.45) is -1.41. The molecule has 0 amide bonds. The van der Waals surface area contributed by atoms with Crippen molar-refractivity contribution in [2.45, 2.75) is 19.4 Å². The van der Waals surface area contributed by atoms with E-state index < -0.39 is 16.2 Å². The second-order valence-electron chi connectivity index (χ2n) is 5.85. The van der Waals surface area contributed by atoms with E-state index in [1.165, 1.54) is 0 Å². The second-order valence-corrected chi connectivity index (χ2v) is 7.29. The molecule has 1 unspecified atom stereocenters. The monoisotopic (exact) mass is 362 g/mol. The van der Waals surface area contributed by atoms with Crippen LogP contribution in [0.15, 0.2) is 42.5 Å². The highest BCUT2D eigenvalue weighted by atomic mass is 32.2. The van der Waals surface area contributed by atoms with Gasteiger partial charge in [0.25, 0.3) is 10.1 Å². The molecule has 1 atom stereocenters. The van der Waals surface area contributed by atoms with Gasteiger partial charge in [0.15, 0.2) is 0 Å². The predicted molar refractivity (Wildman–Crippen MR) is 94.3 cm³/mol. The van der Waals surface area contributed by atoms with Crippen LogP contribution in [0.1, 0.15) is 12.0 Å². The van der Waals surface area contributed by atoms with Gasteiger partial charge in [0.05, 0.1) is 16.3 Å². The average molecular weight is 362 g/mol.